The molecule has 0 radical (unpaired) electrons. The van der Waals surface area contributed by atoms with Crippen LogP contribution in [0.4, 0.5) is 5.69 Å². The first-order valence-corrected chi connectivity index (χ1v) is 6.68. The number of hydrogen-bond donors (Lipinski definition) is 2. The molecule has 0 saturated heterocycles. The number of nitrogens with two attached hydrogens (primary N) is 1. The smallest absolute Gasteiger partial charge is 0.253 e. The third-order valence-corrected chi connectivity index (χ3v) is 3.10. The van der Waals surface area contributed by atoms with E-state index in [1.165, 1.54) is 0 Å². The average molecular weight is 280 g/mol. The zero-order chi connectivity index (χ0) is 14.4. The molecule has 0 bridgehead atoms. The molecule has 1 aliphatic heterocycles. The summed E-state index contributed by atoms with van der Waals surface area (Å²) >= 11 is 0. The Labute approximate surface area is 118 Å². The highest BCUT2D eigenvalue weighted by Crippen LogP contribution is 2.35. The van der Waals surface area contributed by atoms with E-state index in [9.17, 15) is 4.79 Å². The molecule has 0 atom stereocenters. The predicted molar refractivity (Wildman–Crippen MR) is 75.0 cm³/mol. The molecule has 1 aromatic carbocycles. The van der Waals surface area contributed by atoms with Crippen molar-refractivity contribution < 1.29 is 19.0 Å². The highest BCUT2D eigenvalue weighted by Gasteiger charge is 2.19. The van der Waals surface area contributed by atoms with Crippen molar-refractivity contribution in [3.05, 3.63) is 17.7 Å². The molecule has 1 aromatic rings. The number of methoxy groups -OCH3 is 1. The molecular formula is C14H20N2O4. The lowest BCUT2D eigenvalue weighted by molar-refractivity contribution is 0.0953. The van der Waals surface area contributed by atoms with Crippen molar-refractivity contribution in [2.75, 3.05) is 32.8 Å². The van der Waals surface area contributed by atoms with Crippen LogP contribution in [-0.4, -0.2) is 33.0 Å². The number of benzene rings is 1. The predicted octanol–water partition coefficient (Wildman–Crippen LogP) is 1.54. The zero-order valence-electron chi connectivity index (χ0n) is 11.6. The maximum absolute atomic E-state index is 12.0. The number of ether oxygens (including phenoxy) is 3. The minimum absolute atomic E-state index is 0.166. The summed E-state index contributed by atoms with van der Waals surface area (Å²) in [7, 11) is 1.68. The summed E-state index contributed by atoms with van der Waals surface area (Å²) < 4.78 is 15.4. The first-order valence-electron chi connectivity index (χ1n) is 6.68. The number of nitrogen functional groups attached to an aromatic ring is 1. The van der Waals surface area contributed by atoms with Crippen molar-refractivity contribution >= 4 is 11.6 Å². The minimum Gasteiger partial charge on any atom is -0.454 e. The topological polar surface area (TPSA) is 82.8 Å². The highest BCUT2D eigenvalue weighted by molar-refractivity contribution is 6.00. The van der Waals surface area contributed by atoms with E-state index in [0.717, 1.165) is 25.9 Å². The monoisotopic (exact) mass is 280 g/mol. The second-order valence-electron chi connectivity index (χ2n) is 4.60. The van der Waals surface area contributed by atoms with Crippen molar-refractivity contribution in [1.29, 1.82) is 0 Å². The van der Waals surface area contributed by atoms with Crippen LogP contribution in [0.1, 0.15) is 29.6 Å². The molecule has 3 N–H and O–H groups in total. The molecule has 0 spiro atoms. The van der Waals surface area contributed by atoms with Gasteiger partial charge < -0.3 is 25.3 Å². The number of unbranched alkanes of at least 4 members (excludes halogenated alkanes) is 2. The molecule has 1 aliphatic rings. The van der Waals surface area contributed by atoms with Crippen LogP contribution in [0.15, 0.2) is 12.1 Å². The second-order valence-corrected chi connectivity index (χ2v) is 4.60. The largest absolute Gasteiger partial charge is 0.454 e. The normalized spacial score (nSPS) is 12.4. The fraction of sp³-hybridized carbons (Fsp3) is 0.500. The molecule has 0 aromatic heterocycles. The molecule has 1 amide bonds. The van der Waals surface area contributed by atoms with E-state index in [4.69, 9.17) is 19.9 Å². The van der Waals surface area contributed by atoms with Crippen LogP contribution in [0.5, 0.6) is 11.5 Å². The summed E-state index contributed by atoms with van der Waals surface area (Å²) in [5, 5.41) is 2.85. The number of amides is 1. The van der Waals surface area contributed by atoms with E-state index in [2.05, 4.69) is 5.32 Å². The number of anilines is 1. The Balaban J connectivity index is 1.83. The van der Waals surface area contributed by atoms with Gasteiger partial charge >= 0.3 is 0 Å². The molecule has 0 aliphatic carbocycles. The summed E-state index contributed by atoms with van der Waals surface area (Å²) in [6, 6.07) is 3.24. The molecule has 0 fully saturated rings. The van der Waals surface area contributed by atoms with E-state index < -0.39 is 0 Å². The SMILES string of the molecule is COCCCCCNC(=O)c1cc2c(cc1N)OCO2. The molecule has 1 heterocycles. The lowest BCUT2D eigenvalue weighted by Gasteiger charge is -2.08. The van der Waals surface area contributed by atoms with Gasteiger partial charge in [0.1, 0.15) is 0 Å². The van der Waals surface area contributed by atoms with E-state index in [1.807, 2.05) is 0 Å². The van der Waals surface area contributed by atoms with E-state index in [1.54, 1.807) is 19.2 Å². The summed E-state index contributed by atoms with van der Waals surface area (Å²) in [5.41, 5.74) is 6.67. The van der Waals surface area contributed by atoms with Gasteiger partial charge in [0.25, 0.3) is 5.91 Å². The van der Waals surface area contributed by atoms with Crippen LogP contribution in [0, 0.1) is 0 Å². The van der Waals surface area contributed by atoms with Gasteiger partial charge in [-0.3, -0.25) is 4.79 Å². The Hall–Kier alpha value is -1.95. The van der Waals surface area contributed by atoms with Crippen LogP contribution in [-0.2, 0) is 4.74 Å². The van der Waals surface area contributed by atoms with Gasteiger partial charge in [-0.2, -0.15) is 0 Å². The van der Waals surface area contributed by atoms with Gasteiger partial charge in [-0.15, -0.1) is 0 Å². The van der Waals surface area contributed by atoms with Gasteiger partial charge in [0.05, 0.1) is 5.56 Å². The maximum atomic E-state index is 12.0. The Bertz CT molecular complexity index is 476. The van der Waals surface area contributed by atoms with E-state index in [-0.39, 0.29) is 12.7 Å². The lowest BCUT2D eigenvalue weighted by Crippen LogP contribution is -2.25. The summed E-state index contributed by atoms with van der Waals surface area (Å²) in [6.07, 6.45) is 2.93. The van der Waals surface area contributed by atoms with Crippen molar-refractivity contribution in [3.8, 4) is 11.5 Å². The number of nitrogens with one attached hydrogen (secondary N) is 1. The summed E-state index contributed by atoms with van der Waals surface area (Å²) in [4.78, 5) is 12.0. The van der Waals surface area contributed by atoms with Gasteiger partial charge in [-0.1, -0.05) is 0 Å². The molecule has 20 heavy (non-hydrogen) atoms. The van der Waals surface area contributed by atoms with Crippen molar-refractivity contribution in [1.82, 2.24) is 5.32 Å². The fourth-order valence-electron chi connectivity index (χ4n) is 2.00. The number of carbonyl (C=O) groups is 1. The Kier molecular flexibility index (Phi) is 5.06. The minimum atomic E-state index is -0.187. The summed E-state index contributed by atoms with van der Waals surface area (Å²) in [5.74, 6) is 0.954. The quantitative estimate of drug-likeness (QED) is 0.585. The number of rotatable bonds is 7. The average Bonchev–Trinajstić information content (AvgIpc) is 2.88. The number of carbonyl (C=O) groups excluding carboxylic acids is 1. The lowest BCUT2D eigenvalue weighted by atomic mass is 10.1. The van der Waals surface area contributed by atoms with Gasteiger partial charge in [-0.05, 0) is 25.3 Å². The van der Waals surface area contributed by atoms with Gasteiger partial charge in [-0.25, -0.2) is 0 Å². The highest BCUT2D eigenvalue weighted by atomic mass is 16.7. The third-order valence-electron chi connectivity index (χ3n) is 3.10. The van der Waals surface area contributed by atoms with Crippen LogP contribution < -0.4 is 20.5 Å². The van der Waals surface area contributed by atoms with Gasteiger partial charge in [0.2, 0.25) is 6.79 Å². The third kappa shape index (κ3) is 3.54. The van der Waals surface area contributed by atoms with Gasteiger partial charge in [0.15, 0.2) is 11.5 Å². The molecule has 2 rings (SSSR count). The number of fused-ring (bicyclic) bond motifs is 1. The second kappa shape index (κ2) is 7.00. The van der Waals surface area contributed by atoms with Crippen LogP contribution in [0.3, 0.4) is 0 Å². The maximum Gasteiger partial charge on any atom is 0.253 e. The van der Waals surface area contributed by atoms with Crippen molar-refractivity contribution in [3.63, 3.8) is 0 Å². The fourth-order valence-corrected chi connectivity index (χ4v) is 2.00. The standard InChI is InChI=1S/C14H20N2O4/c1-18-6-4-2-3-5-16-14(17)10-7-12-13(8-11(10)15)20-9-19-12/h7-8H,2-6,9,15H2,1H3,(H,16,17). The van der Waals surface area contributed by atoms with Crippen molar-refractivity contribution in [2.45, 2.75) is 19.3 Å². The summed E-state index contributed by atoms with van der Waals surface area (Å²) in [6.45, 7) is 1.54. The molecular weight excluding hydrogens is 260 g/mol. The van der Waals surface area contributed by atoms with Crippen LogP contribution in [0.2, 0.25) is 0 Å². The molecule has 0 unspecified atom stereocenters. The van der Waals surface area contributed by atoms with Crippen LogP contribution in [0.25, 0.3) is 0 Å². The Morgan fingerprint density at radius 3 is 2.80 bits per heavy atom. The van der Waals surface area contributed by atoms with E-state index in [0.29, 0.717) is 29.3 Å². The first-order chi connectivity index (χ1) is 9.72. The molecule has 6 heteroatoms. The zero-order valence-corrected chi connectivity index (χ0v) is 11.6. The molecule has 0 saturated carbocycles. The van der Waals surface area contributed by atoms with Crippen molar-refractivity contribution in [2.24, 2.45) is 0 Å². The Morgan fingerprint density at radius 1 is 1.30 bits per heavy atom. The van der Waals surface area contributed by atoms with E-state index >= 15 is 0 Å². The number of hydrogen-bond acceptors (Lipinski definition) is 5. The molecule has 110 valence electrons. The van der Waals surface area contributed by atoms with Crippen LogP contribution >= 0.6 is 0 Å². The molecule has 6 nitrogen and oxygen atoms in total. The van der Waals surface area contributed by atoms with Gasteiger partial charge in [0, 0.05) is 32.0 Å². The first kappa shape index (κ1) is 14.5. The Morgan fingerprint density at radius 2 is 2.05 bits per heavy atom.